The summed E-state index contributed by atoms with van der Waals surface area (Å²) in [4.78, 5) is 6.82. The van der Waals surface area contributed by atoms with Gasteiger partial charge >= 0.3 is 0 Å². The molecule has 0 aromatic heterocycles. The van der Waals surface area contributed by atoms with Crippen molar-refractivity contribution in [3.63, 3.8) is 0 Å². The van der Waals surface area contributed by atoms with E-state index in [1.54, 1.807) is 0 Å². The summed E-state index contributed by atoms with van der Waals surface area (Å²) in [7, 11) is 4.20. The van der Waals surface area contributed by atoms with Gasteiger partial charge in [-0.1, -0.05) is 26.2 Å². The minimum absolute atomic E-state index is 0.498. The molecule has 1 atom stereocenters. The molecule has 0 aromatic rings. The fourth-order valence-corrected chi connectivity index (χ4v) is 1.90. The van der Waals surface area contributed by atoms with E-state index < -0.39 is 0 Å². The molecule has 1 unspecified atom stereocenters. The van der Waals surface area contributed by atoms with Gasteiger partial charge in [-0.2, -0.15) is 0 Å². The Labute approximate surface area is 120 Å². The van der Waals surface area contributed by atoms with Gasteiger partial charge in [0.25, 0.3) is 0 Å². The Bertz CT molecular complexity index is 226. The summed E-state index contributed by atoms with van der Waals surface area (Å²) in [5.74, 6) is 0.963. The summed E-state index contributed by atoms with van der Waals surface area (Å²) in [5.41, 5.74) is 0. The van der Waals surface area contributed by atoms with Crippen LogP contribution in [0, 0.1) is 0 Å². The largest absolute Gasteiger partial charge is 0.357 e. The van der Waals surface area contributed by atoms with Gasteiger partial charge in [0.05, 0.1) is 0 Å². The third-order valence-electron chi connectivity index (χ3n) is 3.00. The summed E-state index contributed by atoms with van der Waals surface area (Å²) < 4.78 is 0. The van der Waals surface area contributed by atoms with Crippen LogP contribution in [0.1, 0.15) is 52.9 Å². The molecule has 0 aliphatic carbocycles. The zero-order valence-electron chi connectivity index (χ0n) is 13.6. The van der Waals surface area contributed by atoms with Crippen LogP contribution in [0.2, 0.25) is 0 Å². The van der Waals surface area contributed by atoms with Crippen LogP contribution in [0.15, 0.2) is 4.99 Å². The Morgan fingerprint density at radius 1 is 1.16 bits per heavy atom. The summed E-state index contributed by atoms with van der Waals surface area (Å²) in [5, 5.41) is 6.81. The van der Waals surface area contributed by atoms with Crippen molar-refractivity contribution < 1.29 is 0 Å². The summed E-state index contributed by atoms with van der Waals surface area (Å²) >= 11 is 0. The maximum atomic E-state index is 4.62. The lowest BCUT2D eigenvalue weighted by Crippen LogP contribution is -2.42. The van der Waals surface area contributed by atoms with Gasteiger partial charge in [-0.15, -0.1) is 0 Å². The lowest BCUT2D eigenvalue weighted by molar-refractivity contribution is 0.403. The van der Waals surface area contributed by atoms with Crippen molar-refractivity contribution in [1.29, 1.82) is 0 Å². The fourth-order valence-electron chi connectivity index (χ4n) is 1.90. The molecular formula is C15H34N4. The van der Waals surface area contributed by atoms with Crippen molar-refractivity contribution in [2.45, 2.75) is 58.9 Å². The third-order valence-corrected chi connectivity index (χ3v) is 3.00. The molecule has 0 amide bonds. The van der Waals surface area contributed by atoms with Gasteiger partial charge in [-0.3, -0.25) is 4.99 Å². The molecule has 0 saturated carbocycles. The molecule has 0 bridgehead atoms. The van der Waals surface area contributed by atoms with Gasteiger partial charge in [0.2, 0.25) is 0 Å². The number of aliphatic imine (C=N–C) groups is 1. The van der Waals surface area contributed by atoms with Gasteiger partial charge in [0, 0.05) is 19.1 Å². The average Bonchev–Trinajstić information content (AvgIpc) is 2.35. The zero-order chi connectivity index (χ0) is 14.5. The standard InChI is InChI=1S/C15H34N4/c1-6-8-9-11-14(3)18-15(16-7-2)17-12-10-13-19(4)5/h14H,6-13H2,1-5H3,(H2,16,17,18). The highest BCUT2D eigenvalue weighted by molar-refractivity contribution is 5.79. The number of nitrogens with zero attached hydrogens (tertiary/aromatic N) is 2. The Balaban J connectivity index is 3.97. The molecule has 114 valence electrons. The van der Waals surface area contributed by atoms with Crippen LogP contribution >= 0.6 is 0 Å². The second-order valence-electron chi connectivity index (χ2n) is 5.46. The quantitative estimate of drug-likeness (QED) is 0.364. The maximum absolute atomic E-state index is 4.62. The molecule has 0 spiro atoms. The van der Waals surface area contributed by atoms with Crippen molar-refractivity contribution in [1.82, 2.24) is 15.5 Å². The van der Waals surface area contributed by atoms with E-state index >= 15 is 0 Å². The first-order chi connectivity index (χ1) is 9.10. The number of nitrogens with one attached hydrogen (secondary N) is 2. The average molecular weight is 270 g/mol. The first-order valence-electron chi connectivity index (χ1n) is 7.79. The molecule has 4 nitrogen and oxygen atoms in total. The second kappa shape index (κ2) is 12.3. The molecule has 0 aromatic carbocycles. The van der Waals surface area contributed by atoms with E-state index in [4.69, 9.17) is 0 Å². The lowest BCUT2D eigenvalue weighted by atomic mass is 10.1. The summed E-state index contributed by atoms with van der Waals surface area (Å²) in [6.45, 7) is 9.49. The second-order valence-corrected chi connectivity index (χ2v) is 5.46. The number of rotatable bonds is 10. The third kappa shape index (κ3) is 12.0. The van der Waals surface area contributed by atoms with Crippen molar-refractivity contribution in [3.05, 3.63) is 0 Å². The first-order valence-corrected chi connectivity index (χ1v) is 7.79. The smallest absolute Gasteiger partial charge is 0.191 e. The van der Waals surface area contributed by atoms with Crippen molar-refractivity contribution in [2.24, 2.45) is 4.99 Å². The van der Waals surface area contributed by atoms with E-state index in [0.717, 1.165) is 32.0 Å². The van der Waals surface area contributed by atoms with Gasteiger partial charge in [-0.25, -0.2) is 0 Å². The molecule has 2 N–H and O–H groups in total. The van der Waals surface area contributed by atoms with E-state index in [1.165, 1.54) is 25.7 Å². The normalized spacial score (nSPS) is 13.7. The van der Waals surface area contributed by atoms with E-state index in [-0.39, 0.29) is 0 Å². The molecule has 0 aliphatic rings. The highest BCUT2D eigenvalue weighted by Gasteiger charge is 2.04. The number of hydrogen-bond donors (Lipinski definition) is 2. The van der Waals surface area contributed by atoms with Crippen LogP contribution in [0.3, 0.4) is 0 Å². The van der Waals surface area contributed by atoms with Crippen LogP contribution in [-0.2, 0) is 0 Å². The Morgan fingerprint density at radius 2 is 1.89 bits per heavy atom. The number of guanidine groups is 1. The molecule has 19 heavy (non-hydrogen) atoms. The highest BCUT2D eigenvalue weighted by Crippen LogP contribution is 2.02. The van der Waals surface area contributed by atoms with Gasteiger partial charge < -0.3 is 15.5 Å². The molecule has 4 heteroatoms. The van der Waals surface area contributed by atoms with Gasteiger partial charge in [-0.05, 0) is 47.3 Å². The van der Waals surface area contributed by atoms with E-state index in [1.807, 2.05) is 0 Å². The SMILES string of the molecule is CCCCCC(C)NC(=NCCCN(C)C)NCC. The predicted octanol–water partition coefficient (Wildman–Crippen LogP) is 2.46. The van der Waals surface area contributed by atoms with Crippen molar-refractivity contribution in [3.8, 4) is 0 Å². The topological polar surface area (TPSA) is 39.7 Å². The minimum Gasteiger partial charge on any atom is -0.357 e. The van der Waals surface area contributed by atoms with E-state index in [0.29, 0.717) is 6.04 Å². The van der Waals surface area contributed by atoms with Crippen molar-refractivity contribution in [2.75, 3.05) is 33.7 Å². The molecule has 0 radical (unpaired) electrons. The highest BCUT2D eigenvalue weighted by atomic mass is 15.2. The predicted molar refractivity (Wildman–Crippen MR) is 85.9 cm³/mol. The molecular weight excluding hydrogens is 236 g/mol. The lowest BCUT2D eigenvalue weighted by Gasteiger charge is -2.18. The van der Waals surface area contributed by atoms with Crippen LogP contribution in [0.4, 0.5) is 0 Å². The van der Waals surface area contributed by atoms with E-state index in [2.05, 4.69) is 55.4 Å². The summed E-state index contributed by atoms with van der Waals surface area (Å²) in [6.07, 6.45) is 6.22. The Hall–Kier alpha value is -0.770. The fraction of sp³-hybridized carbons (Fsp3) is 0.933. The number of hydrogen-bond acceptors (Lipinski definition) is 2. The Morgan fingerprint density at radius 3 is 2.47 bits per heavy atom. The molecule has 0 fully saturated rings. The molecule has 0 aliphatic heterocycles. The number of unbranched alkanes of at least 4 members (excludes halogenated alkanes) is 2. The van der Waals surface area contributed by atoms with Crippen molar-refractivity contribution >= 4 is 5.96 Å². The van der Waals surface area contributed by atoms with Crippen LogP contribution in [0.5, 0.6) is 0 Å². The maximum Gasteiger partial charge on any atom is 0.191 e. The Kier molecular flexibility index (Phi) is 11.8. The zero-order valence-corrected chi connectivity index (χ0v) is 13.6. The monoisotopic (exact) mass is 270 g/mol. The first kappa shape index (κ1) is 18.2. The van der Waals surface area contributed by atoms with Crippen LogP contribution in [-0.4, -0.2) is 50.6 Å². The molecule has 0 rings (SSSR count). The van der Waals surface area contributed by atoms with Gasteiger partial charge in [0.15, 0.2) is 5.96 Å². The van der Waals surface area contributed by atoms with Crippen LogP contribution in [0.25, 0.3) is 0 Å². The molecule has 0 saturated heterocycles. The summed E-state index contributed by atoms with van der Waals surface area (Å²) in [6, 6.07) is 0.498. The van der Waals surface area contributed by atoms with E-state index in [9.17, 15) is 0 Å². The molecule has 0 heterocycles. The minimum atomic E-state index is 0.498. The van der Waals surface area contributed by atoms with Crippen LogP contribution < -0.4 is 10.6 Å². The van der Waals surface area contributed by atoms with Gasteiger partial charge in [0.1, 0.15) is 0 Å².